The number of hydrogen-bond acceptors (Lipinski definition) is 3. The summed E-state index contributed by atoms with van der Waals surface area (Å²) >= 11 is 0. The van der Waals surface area contributed by atoms with E-state index < -0.39 is 0 Å². The number of carbonyl (C=O) groups is 2. The third kappa shape index (κ3) is 1.58. The van der Waals surface area contributed by atoms with Crippen molar-refractivity contribution in [2.24, 2.45) is 52.3 Å². The van der Waals surface area contributed by atoms with E-state index in [4.69, 9.17) is 4.74 Å². The monoisotopic (exact) mass is 366 g/mol. The Kier molecular flexibility index (Phi) is 2.56. The number of carbonyl (C=O) groups excluding carboxylic acids is 2. The van der Waals surface area contributed by atoms with E-state index in [1.165, 1.54) is 31.3 Å². The molecule has 5 saturated carbocycles. The Morgan fingerprint density at radius 3 is 2.63 bits per heavy atom. The summed E-state index contributed by atoms with van der Waals surface area (Å²) in [6.45, 7) is 4.99. The fourth-order valence-corrected chi connectivity index (χ4v) is 9.74. The zero-order valence-electron chi connectivity index (χ0n) is 16.5. The normalized spacial score (nSPS) is 62.0. The number of ether oxygens (including phenoxy) is 1. The molecule has 1 spiro atoms. The van der Waals surface area contributed by atoms with Gasteiger partial charge in [-0.05, 0) is 85.5 Å². The molecule has 1 saturated heterocycles. The molecule has 7 rings (SSSR count). The van der Waals surface area contributed by atoms with E-state index in [-0.39, 0.29) is 22.4 Å². The Labute approximate surface area is 161 Å². The van der Waals surface area contributed by atoms with Crippen molar-refractivity contribution in [3.63, 3.8) is 0 Å². The first-order chi connectivity index (χ1) is 12.9. The van der Waals surface area contributed by atoms with E-state index in [0.717, 1.165) is 48.9 Å². The van der Waals surface area contributed by atoms with E-state index in [0.29, 0.717) is 24.0 Å². The summed E-state index contributed by atoms with van der Waals surface area (Å²) in [4.78, 5) is 24.3. The number of fused-ring (bicyclic) bond motifs is 12. The van der Waals surface area contributed by atoms with Gasteiger partial charge in [0, 0.05) is 24.2 Å². The molecule has 0 bridgehead atoms. The van der Waals surface area contributed by atoms with Gasteiger partial charge in [-0.2, -0.15) is 0 Å². The standard InChI is InChI=1S/C24H30O3/c1-22-6-3-12(25)9-17(22)13-10-14(13)20-16(22)4-7-23(2)21(20)15-11-18(15)24(23)8-5-19(26)27-24/h9,13-16,18,20-21H,3-8,10-11H2,1-2H3/t13-,14+,15-,16?,18+,20?,21?,22-,23+,24+/m1/s1. The van der Waals surface area contributed by atoms with Gasteiger partial charge in [-0.1, -0.05) is 19.4 Å². The number of esters is 1. The predicted octanol–water partition coefficient (Wildman–Crippen LogP) is 4.31. The molecule has 3 nitrogen and oxygen atoms in total. The Balaban J connectivity index is 1.33. The molecular weight excluding hydrogens is 336 g/mol. The second-order valence-corrected chi connectivity index (χ2v) is 11.5. The van der Waals surface area contributed by atoms with Crippen molar-refractivity contribution >= 4 is 11.8 Å². The zero-order chi connectivity index (χ0) is 18.3. The Morgan fingerprint density at radius 2 is 1.85 bits per heavy atom. The Morgan fingerprint density at radius 1 is 1.00 bits per heavy atom. The highest BCUT2D eigenvalue weighted by Gasteiger charge is 2.81. The summed E-state index contributed by atoms with van der Waals surface area (Å²) in [6, 6.07) is 0. The molecule has 0 amide bonds. The van der Waals surface area contributed by atoms with Crippen LogP contribution in [0.15, 0.2) is 11.6 Å². The highest BCUT2D eigenvalue weighted by atomic mass is 16.6. The lowest BCUT2D eigenvalue weighted by atomic mass is 9.45. The van der Waals surface area contributed by atoms with Gasteiger partial charge in [0.1, 0.15) is 5.60 Å². The van der Waals surface area contributed by atoms with Gasteiger partial charge in [0.05, 0.1) is 0 Å². The molecule has 0 aromatic rings. The van der Waals surface area contributed by atoms with Gasteiger partial charge in [-0.3, -0.25) is 9.59 Å². The average molecular weight is 367 g/mol. The van der Waals surface area contributed by atoms with Gasteiger partial charge in [0.2, 0.25) is 0 Å². The van der Waals surface area contributed by atoms with Crippen molar-refractivity contribution in [1.82, 2.24) is 0 Å². The highest BCUT2D eigenvalue weighted by molar-refractivity contribution is 5.92. The summed E-state index contributed by atoms with van der Waals surface area (Å²) in [5.41, 5.74) is 1.85. The lowest BCUT2D eigenvalue weighted by Gasteiger charge is -2.60. The van der Waals surface area contributed by atoms with Crippen molar-refractivity contribution in [2.45, 2.75) is 70.8 Å². The van der Waals surface area contributed by atoms with Crippen molar-refractivity contribution < 1.29 is 14.3 Å². The molecule has 0 radical (unpaired) electrons. The lowest BCUT2D eigenvalue weighted by Crippen LogP contribution is -2.57. The van der Waals surface area contributed by atoms with Gasteiger partial charge < -0.3 is 4.74 Å². The maximum Gasteiger partial charge on any atom is 0.306 e. The van der Waals surface area contributed by atoms with Crippen LogP contribution < -0.4 is 0 Å². The van der Waals surface area contributed by atoms with Crippen LogP contribution in [0.25, 0.3) is 0 Å². The molecule has 6 aliphatic carbocycles. The summed E-state index contributed by atoms with van der Waals surface area (Å²) in [7, 11) is 0. The fourth-order valence-electron chi connectivity index (χ4n) is 9.74. The molecular formula is C24H30O3. The van der Waals surface area contributed by atoms with E-state index in [1.807, 2.05) is 0 Å². The number of ketones is 1. The highest BCUT2D eigenvalue weighted by Crippen LogP contribution is 2.82. The minimum Gasteiger partial charge on any atom is -0.458 e. The molecule has 3 unspecified atom stereocenters. The minimum absolute atomic E-state index is 0.0561. The Bertz CT molecular complexity index is 827. The summed E-state index contributed by atoms with van der Waals surface area (Å²) in [5.74, 6) is 5.65. The van der Waals surface area contributed by atoms with E-state index >= 15 is 0 Å². The molecule has 0 N–H and O–H groups in total. The largest absolute Gasteiger partial charge is 0.458 e. The summed E-state index contributed by atoms with van der Waals surface area (Å²) in [6.07, 6.45) is 10.6. The first-order valence-corrected chi connectivity index (χ1v) is 11.4. The van der Waals surface area contributed by atoms with E-state index in [2.05, 4.69) is 19.9 Å². The number of allylic oxidation sites excluding steroid dienone is 1. The number of hydrogen-bond donors (Lipinski definition) is 0. The first kappa shape index (κ1) is 15.8. The molecule has 6 fully saturated rings. The maximum atomic E-state index is 12.2. The molecule has 1 heterocycles. The van der Waals surface area contributed by atoms with Gasteiger partial charge >= 0.3 is 5.97 Å². The molecule has 3 heteroatoms. The van der Waals surface area contributed by atoms with Crippen LogP contribution in [0.5, 0.6) is 0 Å². The quantitative estimate of drug-likeness (QED) is 0.600. The molecule has 27 heavy (non-hydrogen) atoms. The van der Waals surface area contributed by atoms with Crippen molar-refractivity contribution in [2.75, 3.05) is 0 Å². The van der Waals surface area contributed by atoms with Crippen LogP contribution in [0.2, 0.25) is 0 Å². The second kappa shape index (κ2) is 4.39. The van der Waals surface area contributed by atoms with Gasteiger partial charge in [-0.25, -0.2) is 0 Å². The fraction of sp³-hybridized carbons (Fsp3) is 0.833. The van der Waals surface area contributed by atoms with Crippen LogP contribution in [-0.2, 0) is 14.3 Å². The van der Waals surface area contributed by atoms with Crippen molar-refractivity contribution in [1.29, 1.82) is 0 Å². The van der Waals surface area contributed by atoms with E-state index in [9.17, 15) is 9.59 Å². The molecule has 144 valence electrons. The smallest absolute Gasteiger partial charge is 0.306 e. The molecule has 1 aliphatic heterocycles. The summed E-state index contributed by atoms with van der Waals surface area (Å²) in [5, 5.41) is 0. The van der Waals surface area contributed by atoms with Crippen LogP contribution in [0.3, 0.4) is 0 Å². The first-order valence-electron chi connectivity index (χ1n) is 11.4. The van der Waals surface area contributed by atoms with Crippen LogP contribution in [0.4, 0.5) is 0 Å². The lowest BCUT2D eigenvalue weighted by molar-refractivity contribution is -0.177. The van der Waals surface area contributed by atoms with Crippen LogP contribution in [-0.4, -0.2) is 17.4 Å². The van der Waals surface area contributed by atoms with Gasteiger partial charge in [0.15, 0.2) is 5.78 Å². The second-order valence-electron chi connectivity index (χ2n) is 11.5. The average Bonchev–Trinajstić information content (AvgIpc) is 3.53. The van der Waals surface area contributed by atoms with E-state index in [1.54, 1.807) is 0 Å². The summed E-state index contributed by atoms with van der Waals surface area (Å²) < 4.78 is 6.22. The van der Waals surface area contributed by atoms with Crippen molar-refractivity contribution in [3.05, 3.63) is 11.6 Å². The van der Waals surface area contributed by atoms with Crippen LogP contribution in [0, 0.1) is 52.3 Å². The third-order valence-electron chi connectivity index (χ3n) is 10.9. The maximum absolute atomic E-state index is 12.2. The zero-order valence-corrected chi connectivity index (χ0v) is 16.5. The van der Waals surface area contributed by atoms with Gasteiger partial charge in [0.25, 0.3) is 0 Å². The molecule has 0 aromatic carbocycles. The minimum atomic E-state index is -0.131. The molecule has 7 aliphatic rings. The predicted molar refractivity (Wildman–Crippen MR) is 99.5 cm³/mol. The number of rotatable bonds is 0. The third-order valence-corrected chi connectivity index (χ3v) is 10.9. The van der Waals surface area contributed by atoms with Crippen LogP contribution in [0.1, 0.15) is 65.2 Å². The van der Waals surface area contributed by atoms with Crippen LogP contribution >= 0.6 is 0 Å². The topological polar surface area (TPSA) is 43.4 Å². The SMILES string of the molecule is C[C@]12CCC(=O)C=C1[C@@H]1C[C@@H]1C1C2CC[C@@]2(C)C1[C@@H]1C[C@@H]1[C@@]21CCC(=O)O1. The van der Waals surface area contributed by atoms with Gasteiger partial charge in [-0.15, -0.1) is 0 Å². The Hall–Kier alpha value is -1.12. The molecule has 10 atom stereocenters. The molecule has 0 aromatic heterocycles. The van der Waals surface area contributed by atoms with Crippen molar-refractivity contribution in [3.8, 4) is 0 Å².